The summed E-state index contributed by atoms with van der Waals surface area (Å²) < 4.78 is 44.2. The molecule has 26 heavy (non-hydrogen) atoms. The van der Waals surface area contributed by atoms with Crippen LogP contribution in [-0.2, 0) is 11.0 Å². The predicted molar refractivity (Wildman–Crippen MR) is 93.5 cm³/mol. The van der Waals surface area contributed by atoms with E-state index >= 15 is 0 Å². The number of carbonyl (C=O) groups excluding carboxylic acids is 1. The van der Waals surface area contributed by atoms with Gasteiger partial charge in [-0.1, -0.05) is 29.8 Å². The van der Waals surface area contributed by atoms with E-state index in [0.717, 1.165) is 17.8 Å². The van der Waals surface area contributed by atoms with Crippen LogP contribution in [0.25, 0.3) is 0 Å². The molecule has 0 fully saturated rings. The molecule has 0 spiro atoms. The van der Waals surface area contributed by atoms with Gasteiger partial charge in [0.05, 0.1) is 11.8 Å². The number of hydrazone groups is 1. The number of benzene rings is 2. The maximum atomic E-state index is 12.9. The normalized spacial score (nSPS) is 12.8. The summed E-state index contributed by atoms with van der Waals surface area (Å²) in [7, 11) is 0. The maximum Gasteiger partial charge on any atom is 0.417 e. The van der Waals surface area contributed by atoms with Crippen LogP contribution in [0.15, 0.2) is 47.6 Å². The van der Waals surface area contributed by atoms with Gasteiger partial charge in [-0.15, -0.1) is 0 Å². The minimum Gasteiger partial charge on any atom is -0.481 e. The summed E-state index contributed by atoms with van der Waals surface area (Å²) in [5, 5.41) is 4.13. The summed E-state index contributed by atoms with van der Waals surface area (Å²) in [6, 6.07) is 9.88. The van der Waals surface area contributed by atoms with Crippen LogP contribution in [0.2, 0.25) is 5.02 Å². The summed E-state index contributed by atoms with van der Waals surface area (Å²) in [6.45, 7) is 3.28. The fourth-order valence-electron chi connectivity index (χ4n) is 2.11. The van der Waals surface area contributed by atoms with Crippen molar-refractivity contribution in [1.82, 2.24) is 5.43 Å². The smallest absolute Gasteiger partial charge is 0.417 e. The highest BCUT2D eigenvalue weighted by molar-refractivity contribution is 6.30. The Morgan fingerprint density at radius 2 is 1.96 bits per heavy atom. The molecule has 0 saturated carbocycles. The number of rotatable bonds is 5. The molecule has 0 radical (unpaired) electrons. The average molecular weight is 385 g/mol. The van der Waals surface area contributed by atoms with Crippen LogP contribution in [0.5, 0.6) is 5.75 Å². The van der Waals surface area contributed by atoms with E-state index in [4.69, 9.17) is 16.3 Å². The van der Waals surface area contributed by atoms with Gasteiger partial charge in [-0.3, -0.25) is 4.79 Å². The second-order valence-electron chi connectivity index (χ2n) is 5.49. The molecule has 2 rings (SSSR count). The summed E-state index contributed by atoms with van der Waals surface area (Å²) in [6.07, 6.45) is -4.46. The Balaban J connectivity index is 2.01. The van der Waals surface area contributed by atoms with Crippen LogP contribution in [0, 0.1) is 6.92 Å². The number of aryl methyl sites for hydroxylation is 1. The molecule has 1 amide bonds. The maximum absolute atomic E-state index is 12.9. The lowest BCUT2D eigenvalue weighted by molar-refractivity contribution is -0.137. The van der Waals surface area contributed by atoms with E-state index in [1.54, 1.807) is 25.1 Å². The number of halogens is 4. The van der Waals surface area contributed by atoms with Crippen molar-refractivity contribution in [3.8, 4) is 5.75 Å². The van der Waals surface area contributed by atoms with Gasteiger partial charge in [0.15, 0.2) is 6.10 Å². The number of nitrogens with zero attached hydrogens (tertiary/aromatic N) is 1. The third-order valence-electron chi connectivity index (χ3n) is 3.45. The highest BCUT2D eigenvalue weighted by Crippen LogP contribution is 2.31. The van der Waals surface area contributed by atoms with Crippen LogP contribution < -0.4 is 10.2 Å². The minimum absolute atomic E-state index is 0.151. The van der Waals surface area contributed by atoms with Gasteiger partial charge in [-0.05, 0) is 43.7 Å². The lowest BCUT2D eigenvalue weighted by Gasteiger charge is -2.15. The van der Waals surface area contributed by atoms with Gasteiger partial charge in [0.2, 0.25) is 0 Å². The number of nitrogens with one attached hydrogen (secondary N) is 1. The number of ether oxygens (including phenoxy) is 1. The van der Waals surface area contributed by atoms with E-state index in [0.29, 0.717) is 10.8 Å². The fraction of sp³-hybridized carbons (Fsp3) is 0.222. The fourth-order valence-corrected chi connectivity index (χ4v) is 2.34. The number of amides is 1. The van der Waals surface area contributed by atoms with E-state index in [1.165, 1.54) is 25.1 Å². The monoisotopic (exact) mass is 384 g/mol. The van der Waals surface area contributed by atoms with Crippen molar-refractivity contribution >= 4 is 23.7 Å². The first-order valence-corrected chi connectivity index (χ1v) is 7.98. The molecule has 0 aliphatic rings. The zero-order valence-corrected chi connectivity index (χ0v) is 14.7. The molecular weight excluding hydrogens is 369 g/mol. The molecule has 1 unspecified atom stereocenters. The van der Waals surface area contributed by atoms with Gasteiger partial charge in [-0.25, -0.2) is 5.43 Å². The van der Waals surface area contributed by atoms with Gasteiger partial charge in [0.25, 0.3) is 5.91 Å². The lowest BCUT2D eigenvalue weighted by atomic mass is 10.1. The van der Waals surface area contributed by atoms with E-state index in [1.807, 2.05) is 0 Å². The van der Waals surface area contributed by atoms with Crippen molar-refractivity contribution in [2.75, 3.05) is 0 Å². The number of alkyl halides is 3. The molecule has 2 aromatic rings. The van der Waals surface area contributed by atoms with Crippen molar-refractivity contribution in [2.45, 2.75) is 26.1 Å². The molecule has 8 heteroatoms. The Labute approximate surface area is 153 Å². The Bertz CT molecular complexity index is 822. The molecule has 4 nitrogen and oxygen atoms in total. The third-order valence-corrected chi connectivity index (χ3v) is 3.69. The SMILES string of the molecule is Cc1cc(Cl)ccc1OC(C)C(=O)N/N=C/c1ccccc1C(F)(F)F. The molecule has 0 aromatic heterocycles. The summed E-state index contributed by atoms with van der Waals surface area (Å²) in [5.74, 6) is -0.122. The zero-order valence-electron chi connectivity index (χ0n) is 14.0. The predicted octanol–water partition coefficient (Wildman–Crippen LogP) is 4.58. The lowest BCUT2D eigenvalue weighted by Crippen LogP contribution is -2.33. The Kier molecular flexibility index (Phi) is 6.26. The van der Waals surface area contributed by atoms with Crippen LogP contribution in [0.3, 0.4) is 0 Å². The zero-order chi connectivity index (χ0) is 19.3. The average Bonchev–Trinajstić information content (AvgIpc) is 2.56. The van der Waals surface area contributed by atoms with E-state index in [9.17, 15) is 18.0 Å². The van der Waals surface area contributed by atoms with Crippen molar-refractivity contribution in [1.29, 1.82) is 0 Å². The molecule has 0 saturated heterocycles. The summed E-state index contributed by atoms with van der Waals surface area (Å²) in [5.41, 5.74) is 1.94. The number of hydrogen-bond donors (Lipinski definition) is 1. The highest BCUT2D eigenvalue weighted by Gasteiger charge is 2.32. The Hall–Kier alpha value is -2.54. The molecule has 0 heterocycles. The van der Waals surface area contributed by atoms with Crippen LogP contribution in [0.4, 0.5) is 13.2 Å². The van der Waals surface area contributed by atoms with Crippen molar-refractivity contribution in [2.24, 2.45) is 5.10 Å². The first-order chi connectivity index (χ1) is 12.2. The van der Waals surface area contributed by atoms with E-state index in [2.05, 4.69) is 10.5 Å². The van der Waals surface area contributed by atoms with Crippen LogP contribution in [-0.4, -0.2) is 18.2 Å². The molecule has 2 aromatic carbocycles. The largest absolute Gasteiger partial charge is 0.481 e. The second kappa shape index (κ2) is 8.23. The number of carbonyl (C=O) groups is 1. The molecule has 138 valence electrons. The molecular formula is C18H16ClF3N2O2. The molecule has 0 bridgehead atoms. The summed E-state index contributed by atoms with van der Waals surface area (Å²) >= 11 is 5.85. The summed E-state index contributed by atoms with van der Waals surface area (Å²) in [4.78, 5) is 12.0. The van der Waals surface area contributed by atoms with Crippen molar-refractivity contribution in [3.05, 3.63) is 64.2 Å². The van der Waals surface area contributed by atoms with Gasteiger partial charge >= 0.3 is 6.18 Å². The van der Waals surface area contributed by atoms with Crippen LogP contribution in [0.1, 0.15) is 23.6 Å². The minimum atomic E-state index is -4.50. The Morgan fingerprint density at radius 1 is 1.27 bits per heavy atom. The van der Waals surface area contributed by atoms with Gasteiger partial charge in [0, 0.05) is 10.6 Å². The standard InChI is InChI=1S/C18H16ClF3N2O2/c1-11-9-14(19)7-8-16(11)26-12(2)17(25)24-23-10-13-5-3-4-6-15(13)18(20,21)22/h3-10,12H,1-2H3,(H,24,25)/b23-10+. The molecule has 1 atom stereocenters. The van der Waals surface area contributed by atoms with Crippen LogP contribution >= 0.6 is 11.6 Å². The van der Waals surface area contributed by atoms with E-state index in [-0.39, 0.29) is 5.56 Å². The quantitative estimate of drug-likeness (QED) is 0.605. The van der Waals surface area contributed by atoms with E-state index < -0.39 is 23.8 Å². The number of hydrogen-bond acceptors (Lipinski definition) is 3. The van der Waals surface area contributed by atoms with Crippen molar-refractivity contribution < 1.29 is 22.7 Å². The van der Waals surface area contributed by atoms with Gasteiger partial charge in [-0.2, -0.15) is 18.3 Å². The first-order valence-electron chi connectivity index (χ1n) is 7.60. The third kappa shape index (κ3) is 5.23. The van der Waals surface area contributed by atoms with Gasteiger partial charge in [0.1, 0.15) is 5.75 Å². The molecule has 0 aliphatic heterocycles. The second-order valence-corrected chi connectivity index (χ2v) is 5.93. The van der Waals surface area contributed by atoms with Gasteiger partial charge < -0.3 is 4.74 Å². The Morgan fingerprint density at radius 3 is 2.62 bits per heavy atom. The highest BCUT2D eigenvalue weighted by atomic mass is 35.5. The van der Waals surface area contributed by atoms with Crippen molar-refractivity contribution in [3.63, 3.8) is 0 Å². The topological polar surface area (TPSA) is 50.7 Å². The first kappa shape index (κ1) is 19.8. The molecule has 1 N–H and O–H groups in total. The molecule has 0 aliphatic carbocycles.